The van der Waals surface area contributed by atoms with Crippen LogP contribution in [0.5, 0.6) is 0 Å². The van der Waals surface area contributed by atoms with Gasteiger partial charge >= 0.3 is 0 Å². The second-order valence-corrected chi connectivity index (χ2v) is 8.08. The van der Waals surface area contributed by atoms with Crippen molar-refractivity contribution in [1.82, 2.24) is 0 Å². The monoisotopic (exact) mass is 382 g/mol. The van der Waals surface area contributed by atoms with Crippen molar-refractivity contribution in [3.8, 4) is 0 Å². The second kappa shape index (κ2) is 7.00. The molecule has 0 atom stereocenters. The van der Waals surface area contributed by atoms with Crippen LogP contribution < -0.4 is 5.22 Å². The highest BCUT2D eigenvalue weighted by Gasteiger charge is 2.10. The minimum Gasteiger partial charge on any atom is -0.0763 e. The number of fused-ring (bicyclic) bond motifs is 3. The topological polar surface area (TPSA) is 0 Å². The van der Waals surface area contributed by atoms with Crippen LogP contribution in [-0.4, -0.2) is 0 Å². The molecule has 1 aliphatic rings. The van der Waals surface area contributed by atoms with Gasteiger partial charge in [0.1, 0.15) is 0 Å². The van der Waals surface area contributed by atoms with Gasteiger partial charge in [-0.2, -0.15) is 0 Å². The molecule has 0 saturated carbocycles. The van der Waals surface area contributed by atoms with Crippen molar-refractivity contribution in [1.29, 1.82) is 0 Å². The SMILES string of the molecule is C1=c2ccc3cccc4ccc(c2c43)CC1.c1ccc2c(c1)ccc1ccccc12. The summed E-state index contributed by atoms with van der Waals surface area (Å²) in [4.78, 5) is 0. The summed E-state index contributed by atoms with van der Waals surface area (Å²) in [5.41, 5.74) is 1.52. The number of benzene rings is 6. The van der Waals surface area contributed by atoms with Crippen LogP contribution in [0.2, 0.25) is 0 Å². The molecule has 0 nitrogen and oxygen atoms in total. The van der Waals surface area contributed by atoms with E-state index in [9.17, 15) is 0 Å². The Hall–Kier alpha value is -3.64. The van der Waals surface area contributed by atoms with Gasteiger partial charge in [-0.15, -0.1) is 0 Å². The first-order valence-electron chi connectivity index (χ1n) is 10.7. The molecular formula is C30H22. The van der Waals surface area contributed by atoms with E-state index in [1.165, 1.54) is 66.7 Å². The first-order valence-corrected chi connectivity index (χ1v) is 10.7. The van der Waals surface area contributed by atoms with Crippen LogP contribution in [0.15, 0.2) is 103 Å². The first kappa shape index (κ1) is 17.2. The van der Waals surface area contributed by atoms with Crippen molar-refractivity contribution in [3.63, 3.8) is 0 Å². The molecule has 0 radical (unpaired) electrons. The molecule has 0 aliphatic heterocycles. The van der Waals surface area contributed by atoms with Crippen LogP contribution in [-0.2, 0) is 6.42 Å². The number of rotatable bonds is 0. The Labute approximate surface area is 176 Å². The average molecular weight is 383 g/mol. The van der Waals surface area contributed by atoms with Crippen LogP contribution in [0.1, 0.15) is 12.0 Å². The molecule has 0 saturated heterocycles. The van der Waals surface area contributed by atoms with E-state index in [-0.39, 0.29) is 0 Å². The fraction of sp³-hybridized carbons (Fsp3) is 0.0667. The molecule has 7 rings (SSSR count). The smallest absolute Gasteiger partial charge is 0.00302 e. The van der Waals surface area contributed by atoms with Gasteiger partial charge < -0.3 is 0 Å². The van der Waals surface area contributed by atoms with E-state index in [1.54, 1.807) is 0 Å². The largest absolute Gasteiger partial charge is 0.0763 e. The zero-order chi connectivity index (χ0) is 19.9. The predicted molar refractivity (Wildman–Crippen MR) is 131 cm³/mol. The molecule has 6 aromatic carbocycles. The Morgan fingerprint density at radius 2 is 1.00 bits per heavy atom. The van der Waals surface area contributed by atoms with E-state index < -0.39 is 0 Å². The quantitative estimate of drug-likeness (QED) is 0.240. The maximum Gasteiger partial charge on any atom is -0.00302 e. The fourth-order valence-corrected chi connectivity index (χ4v) is 4.90. The summed E-state index contributed by atoms with van der Waals surface area (Å²) in [5.74, 6) is 0. The summed E-state index contributed by atoms with van der Waals surface area (Å²) in [7, 11) is 0. The third-order valence-corrected chi connectivity index (χ3v) is 6.33. The molecule has 0 N–H and O–H groups in total. The van der Waals surface area contributed by atoms with Crippen LogP contribution >= 0.6 is 0 Å². The highest BCUT2D eigenvalue weighted by molar-refractivity contribution is 6.11. The normalized spacial score (nSPS) is 12.7. The van der Waals surface area contributed by atoms with E-state index in [0.717, 1.165) is 0 Å². The zero-order valence-corrected chi connectivity index (χ0v) is 16.8. The van der Waals surface area contributed by atoms with E-state index in [2.05, 4.69) is 109 Å². The molecule has 6 aromatic rings. The standard InChI is InChI=1S/C16H12.C14H10/c1-3-11-7-9-13-5-2-6-14-10-8-12(4-1)15(11)16(13)14;1-3-7-13-11(5-1)9-10-12-6-2-4-8-14(12)13/h1,3-5,7-10H,2,6H2;1-10H. The molecule has 142 valence electrons. The molecule has 30 heavy (non-hydrogen) atoms. The summed E-state index contributed by atoms with van der Waals surface area (Å²) < 4.78 is 0. The van der Waals surface area contributed by atoms with Gasteiger partial charge in [0.2, 0.25) is 0 Å². The van der Waals surface area contributed by atoms with E-state index >= 15 is 0 Å². The number of aryl methyl sites for hydroxylation is 1. The van der Waals surface area contributed by atoms with Crippen LogP contribution in [0, 0.1) is 0 Å². The van der Waals surface area contributed by atoms with Gasteiger partial charge in [-0.3, -0.25) is 0 Å². The minimum absolute atomic E-state index is 1.18. The molecule has 0 spiro atoms. The van der Waals surface area contributed by atoms with Gasteiger partial charge in [-0.05, 0) is 66.7 Å². The summed E-state index contributed by atoms with van der Waals surface area (Å²) in [5, 5.41) is 12.4. The average Bonchev–Trinajstić information content (AvgIpc) is 2.83. The third kappa shape index (κ3) is 2.76. The van der Waals surface area contributed by atoms with Crippen molar-refractivity contribution in [2.75, 3.05) is 0 Å². The highest BCUT2D eigenvalue weighted by atomic mass is 14.1. The van der Waals surface area contributed by atoms with Crippen LogP contribution in [0.4, 0.5) is 0 Å². The van der Waals surface area contributed by atoms with Crippen molar-refractivity contribution >= 4 is 49.2 Å². The lowest BCUT2D eigenvalue weighted by molar-refractivity contribution is 1.04. The molecule has 0 amide bonds. The van der Waals surface area contributed by atoms with E-state index in [0.29, 0.717) is 0 Å². The zero-order valence-electron chi connectivity index (χ0n) is 16.8. The maximum atomic E-state index is 2.37. The molecule has 0 heteroatoms. The third-order valence-electron chi connectivity index (χ3n) is 6.33. The molecule has 0 aromatic heterocycles. The Kier molecular flexibility index (Phi) is 4.02. The van der Waals surface area contributed by atoms with Crippen molar-refractivity contribution in [2.24, 2.45) is 0 Å². The molecule has 0 heterocycles. The van der Waals surface area contributed by atoms with Gasteiger partial charge in [0.25, 0.3) is 0 Å². The second-order valence-electron chi connectivity index (χ2n) is 8.08. The van der Waals surface area contributed by atoms with Gasteiger partial charge in [-0.25, -0.2) is 0 Å². The van der Waals surface area contributed by atoms with Gasteiger partial charge in [0.15, 0.2) is 0 Å². The summed E-state index contributed by atoms with van der Waals surface area (Å²) in [6, 6.07) is 37.0. The fourth-order valence-electron chi connectivity index (χ4n) is 4.90. The lowest BCUT2D eigenvalue weighted by Gasteiger charge is -2.14. The van der Waals surface area contributed by atoms with E-state index in [1.807, 2.05) is 0 Å². The highest BCUT2D eigenvalue weighted by Crippen LogP contribution is 2.29. The van der Waals surface area contributed by atoms with Crippen LogP contribution in [0.25, 0.3) is 49.2 Å². The molecular weight excluding hydrogens is 360 g/mol. The molecule has 0 bridgehead atoms. The van der Waals surface area contributed by atoms with Gasteiger partial charge in [0.05, 0.1) is 0 Å². The Morgan fingerprint density at radius 1 is 0.433 bits per heavy atom. The molecule has 0 fully saturated rings. The first-order chi connectivity index (χ1) is 14.9. The van der Waals surface area contributed by atoms with Crippen molar-refractivity contribution < 1.29 is 0 Å². The summed E-state index contributed by atoms with van der Waals surface area (Å²) >= 11 is 0. The molecule has 0 unspecified atom stereocenters. The number of hydrogen-bond donors (Lipinski definition) is 0. The minimum atomic E-state index is 1.18. The van der Waals surface area contributed by atoms with Crippen molar-refractivity contribution in [2.45, 2.75) is 12.8 Å². The van der Waals surface area contributed by atoms with Gasteiger partial charge in [-0.1, -0.05) is 109 Å². The lowest BCUT2D eigenvalue weighted by Crippen LogP contribution is -2.09. The molecule has 1 aliphatic carbocycles. The Bertz CT molecular complexity index is 1520. The van der Waals surface area contributed by atoms with Crippen LogP contribution in [0.3, 0.4) is 0 Å². The maximum absolute atomic E-state index is 2.37. The Morgan fingerprint density at radius 3 is 1.70 bits per heavy atom. The van der Waals surface area contributed by atoms with Gasteiger partial charge in [0, 0.05) is 0 Å². The lowest BCUT2D eigenvalue weighted by atomic mass is 9.90. The summed E-state index contributed by atoms with van der Waals surface area (Å²) in [6.45, 7) is 0. The van der Waals surface area contributed by atoms with E-state index in [4.69, 9.17) is 0 Å². The Balaban J connectivity index is 0.000000118. The predicted octanol–water partition coefficient (Wildman–Crippen LogP) is 7.43. The van der Waals surface area contributed by atoms with Crippen molar-refractivity contribution in [3.05, 3.63) is 114 Å². The summed E-state index contributed by atoms with van der Waals surface area (Å²) in [6.07, 6.45) is 4.74. The number of hydrogen-bond acceptors (Lipinski definition) is 0.